The molecule has 0 spiro atoms. The first-order valence-electron chi connectivity index (χ1n) is 14.2. The molecule has 0 saturated heterocycles. The molecule has 15 heteroatoms. The molecule has 4 aromatic rings. The van der Waals surface area contributed by atoms with Crippen LogP contribution in [0.2, 0.25) is 0 Å². The Hall–Kier alpha value is -4.79. The van der Waals surface area contributed by atoms with Gasteiger partial charge < -0.3 is 25.6 Å². The van der Waals surface area contributed by atoms with Crippen LogP contribution in [0.3, 0.4) is 0 Å². The molecular weight excluding hydrogens is 617 g/mol. The van der Waals surface area contributed by atoms with Gasteiger partial charge in [-0.3, -0.25) is 14.3 Å². The van der Waals surface area contributed by atoms with Gasteiger partial charge in [-0.15, -0.1) is 0 Å². The lowest BCUT2D eigenvalue weighted by atomic mass is 9.81. The van der Waals surface area contributed by atoms with Crippen molar-refractivity contribution < 1.29 is 46.1 Å². The van der Waals surface area contributed by atoms with Crippen molar-refractivity contribution in [2.24, 2.45) is 5.73 Å². The number of benzene rings is 2. The monoisotopic (exact) mass is 645 g/mol. The second-order valence-electron chi connectivity index (χ2n) is 11.6. The maximum atomic E-state index is 14.8. The summed E-state index contributed by atoms with van der Waals surface area (Å²) in [4.78, 5) is 29.8. The Morgan fingerprint density at radius 2 is 1.89 bits per heavy atom. The molecule has 1 saturated carbocycles. The number of nitrogens with one attached hydrogen (secondary N) is 1. The molecule has 2 aliphatic rings. The minimum Gasteiger partial charge on any atom is -0.494 e. The van der Waals surface area contributed by atoms with Gasteiger partial charge in [0.15, 0.2) is 0 Å². The highest BCUT2D eigenvalue weighted by Crippen LogP contribution is 2.48. The first-order chi connectivity index (χ1) is 21.7. The number of primary amides is 1. The number of hydrogen-bond donors (Lipinski definition) is 3. The zero-order valence-corrected chi connectivity index (χ0v) is 24.5. The van der Waals surface area contributed by atoms with Crippen molar-refractivity contribution in [3.05, 3.63) is 71.0 Å². The number of halogens is 5. The van der Waals surface area contributed by atoms with Gasteiger partial charge in [0, 0.05) is 33.8 Å². The Kier molecular flexibility index (Phi) is 7.41. The predicted molar refractivity (Wildman–Crippen MR) is 154 cm³/mol. The molecule has 1 fully saturated rings. The van der Waals surface area contributed by atoms with Crippen molar-refractivity contribution in [1.29, 1.82) is 0 Å². The van der Waals surface area contributed by atoms with E-state index in [0.717, 1.165) is 31.0 Å². The fraction of sp³-hybridized carbons (Fsp3) is 0.355. The summed E-state index contributed by atoms with van der Waals surface area (Å²) in [7, 11) is 1.37. The highest BCUT2D eigenvalue weighted by molar-refractivity contribution is 6.00. The Bertz CT molecular complexity index is 1860. The number of ether oxygens (including phenoxy) is 2. The topological polar surface area (TPSA) is 142 Å². The number of carbonyl (C=O) groups is 2. The summed E-state index contributed by atoms with van der Waals surface area (Å²) in [6.45, 7) is -0.355. The Balaban J connectivity index is 1.40. The van der Waals surface area contributed by atoms with Gasteiger partial charge in [-0.25, -0.2) is 13.8 Å². The van der Waals surface area contributed by atoms with Gasteiger partial charge in [0.2, 0.25) is 11.5 Å². The summed E-state index contributed by atoms with van der Waals surface area (Å²) in [6, 6.07) is 8.43. The fourth-order valence-electron chi connectivity index (χ4n) is 5.36. The summed E-state index contributed by atoms with van der Waals surface area (Å²) in [6.07, 6.45) is -4.58. The van der Waals surface area contributed by atoms with Crippen LogP contribution in [0.4, 0.5) is 22.0 Å². The van der Waals surface area contributed by atoms with E-state index in [1.54, 1.807) is 10.9 Å². The smallest absolute Gasteiger partial charge is 0.424 e. The van der Waals surface area contributed by atoms with Gasteiger partial charge in [-0.2, -0.15) is 18.3 Å². The molecule has 10 nitrogen and oxygen atoms in total. The SMILES string of the molecule is COc1cc(C(=O)NC[C@](O)(c2cc3c(c(-c4ccc(C(F)F)cc4)n2)OC[C@]3(C)C(N)=O)C(F)(F)F)cc2cn(C3CC3)nc12. The minimum atomic E-state index is -5.39. The lowest BCUT2D eigenvalue weighted by Gasteiger charge is -2.31. The molecule has 0 unspecified atom stereocenters. The predicted octanol–water partition coefficient (Wildman–Crippen LogP) is 4.69. The van der Waals surface area contributed by atoms with Crippen LogP contribution >= 0.6 is 0 Å². The molecule has 4 N–H and O–H groups in total. The number of amides is 2. The van der Waals surface area contributed by atoms with Gasteiger partial charge in [-0.1, -0.05) is 24.3 Å². The quantitative estimate of drug-likeness (QED) is 0.224. The number of pyridine rings is 1. The standard InChI is InChI=1S/C31H28F5N5O5/c1-29(28(37)43)14-46-25-20(29)11-22(39-24(25)15-3-5-16(6-4-15)26(32)33)30(44,31(34,35)36)13-38-27(42)17-9-18-12-41(19-7-8-19)40-23(18)21(10-17)45-2/h3-6,9-12,19,26,44H,7-8,13-14H2,1-2H3,(H2,37,43)(H,38,42)/t29-,30-/m0/s1. The van der Waals surface area contributed by atoms with Crippen LogP contribution < -0.4 is 20.5 Å². The van der Waals surface area contributed by atoms with E-state index in [4.69, 9.17) is 15.2 Å². The normalized spacial score (nSPS) is 19.1. The first-order valence-corrected chi connectivity index (χ1v) is 14.2. The molecule has 0 bridgehead atoms. The van der Waals surface area contributed by atoms with Crippen LogP contribution in [0.25, 0.3) is 22.2 Å². The number of hydrogen-bond acceptors (Lipinski definition) is 7. The van der Waals surface area contributed by atoms with Crippen LogP contribution in [0, 0.1) is 0 Å². The van der Waals surface area contributed by atoms with Gasteiger partial charge in [0.1, 0.15) is 34.7 Å². The Morgan fingerprint density at radius 3 is 2.48 bits per heavy atom. The van der Waals surface area contributed by atoms with Gasteiger partial charge in [0.25, 0.3) is 12.3 Å². The average molecular weight is 646 g/mol. The van der Waals surface area contributed by atoms with E-state index in [2.05, 4.69) is 15.4 Å². The van der Waals surface area contributed by atoms with Gasteiger partial charge >= 0.3 is 6.18 Å². The summed E-state index contributed by atoms with van der Waals surface area (Å²) in [5.74, 6) is -1.71. The maximum Gasteiger partial charge on any atom is 0.424 e. The third kappa shape index (κ3) is 5.17. The van der Waals surface area contributed by atoms with Crippen LogP contribution in [0.5, 0.6) is 11.5 Å². The van der Waals surface area contributed by atoms with Crippen LogP contribution in [-0.2, 0) is 15.8 Å². The second-order valence-corrected chi connectivity index (χ2v) is 11.6. The molecule has 1 aliphatic carbocycles. The number of aliphatic hydroxyl groups is 1. The summed E-state index contributed by atoms with van der Waals surface area (Å²) in [5.41, 5.74) is -0.911. The molecule has 2 aromatic carbocycles. The van der Waals surface area contributed by atoms with E-state index in [0.29, 0.717) is 10.9 Å². The van der Waals surface area contributed by atoms with Crippen molar-refractivity contribution in [2.75, 3.05) is 20.3 Å². The van der Waals surface area contributed by atoms with Crippen LogP contribution in [-0.4, -0.2) is 58.1 Å². The molecule has 2 amide bonds. The molecule has 46 heavy (non-hydrogen) atoms. The minimum absolute atomic E-state index is 0.0411. The Morgan fingerprint density at radius 1 is 1.20 bits per heavy atom. The summed E-state index contributed by atoms with van der Waals surface area (Å²) >= 11 is 0. The third-order valence-corrected chi connectivity index (χ3v) is 8.44. The average Bonchev–Trinajstić information content (AvgIpc) is 3.69. The number of alkyl halides is 5. The molecule has 1 aliphatic heterocycles. The highest BCUT2D eigenvalue weighted by atomic mass is 19.4. The Labute approximate surface area is 258 Å². The fourth-order valence-corrected chi connectivity index (χ4v) is 5.36. The van der Waals surface area contributed by atoms with Crippen molar-refractivity contribution in [2.45, 2.75) is 49.4 Å². The van der Waals surface area contributed by atoms with Gasteiger partial charge in [0.05, 0.1) is 25.4 Å². The lowest BCUT2D eigenvalue weighted by molar-refractivity contribution is -0.265. The number of fused-ring (bicyclic) bond motifs is 2. The van der Waals surface area contributed by atoms with Crippen molar-refractivity contribution >= 4 is 22.7 Å². The van der Waals surface area contributed by atoms with E-state index in [1.807, 2.05) is 0 Å². The van der Waals surface area contributed by atoms with Crippen molar-refractivity contribution in [1.82, 2.24) is 20.1 Å². The van der Waals surface area contributed by atoms with Crippen molar-refractivity contribution in [3.8, 4) is 22.8 Å². The number of methoxy groups -OCH3 is 1. The molecule has 6 rings (SSSR count). The summed E-state index contributed by atoms with van der Waals surface area (Å²) < 4.78 is 83.4. The van der Waals surface area contributed by atoms with E-state index in [1.165, 1.54) is 38.3 Å². The first kappa shape index (κ1) is 31.2. The third-order valence-electron chi connectivity index (χ3n) is 8.44. The molecule has 0 radical (unpaired) electrons. The van der Waals surface area contributed by atoms with E-state index in [9.17, 15) is 36.6 Å². The van der Waals surface area contributed by atoms with Crippen LogP contribution in [0.1, 0.15) is 59.4 Å². The van der Waals surface area contributed by atoms with Gasteiger partial charge in [-0.05, 0) is 38.0 Å². The zero-order chi connectivity index (χ0) is 33.2. The summed E-state index contributed by atoms with van der Waals surface area (Å²) in [5, 5.41) is 18.5. The molecular formula is C31H28F5N5O5. The molecule has 242 valence electrons. The van der Waals surface area contributed by atoms with E-state index in [-0.39, 0.29) is 52.1 Å². The number of aromatic nitrogens is 3. The highest BCUT2D eigenvalue weighted by Gasteiger charge is 2.57. The maximum absolute atomic E-state index is 14.8. The largest absolute Gasteiger partial charge is 0.494 e. The number of nitrogens with zero attached hydrogens (tertiary/aromatic N) is 3. The van der Waals surface area contributed by atoms with E-state index < -0.39 is 47.7 Å². The zero-order valence-electron chi connectivity index (χ0n) is 24.5. The molecule has 2 aromatic heterocycles. The lowest BCUT2D eigenvalue weighted by Crippen LogP contribution is -2.51. The van der Waals surface area contributed by atoms with Crippen LogP contribution in [0.15, 0.2) is 48.7 Å². The van der Waals surface area contributed by atoms with Crippen molar-refractivity contribution in [3.63, 3.8) is 0 Å². The molecule has 2 atom stereocenters. The number of carbonyl (C=O) groups excluding carboxylic acids is 2. The van der Waals surface area contributed by atoms with E-state index >= 15 is 0 Å². The second kappa shape index (κ2) is 10.9. The molecule has 3 heterocycles. The number of rotatable bonds is 9. The number of nitrogens with two attached hydrogens (primary N) is 1.